The van der Waals surface area contributed by atoms with E-state index in [9.17, 15) is 17.6 Å². The number of nitrogens with one attached hydrogen (secondary N) is 1. The van der Waals surface area contributed by atoms with E-state index in [4.69, 9.17) is 0 Å². The number of pyridine rings is 1. The summed E-state index contributed by atoms with van der Waals surface area (Å²) in [6.07, 6.45) is 5.71. The molecule has 1 N–H and O–H groups in total. The number of alkyl halides is 4. The highest BCUT2D eigenvalue weighted by molar-refractivity contribution is 5.44. The van der Waals surface area contributed by atoms with Gasteiger partial charge in [-0.1, -0.05) is 49.1 Å². The van der Waals surface area contributed by atoms with Crippen LogP contribution in [-0.2, 0) is 5.54 Å². The van der Waals surface area contributed by atoms with E-state index in [-0.39, 0.29) is 0 Å². The van der Waals surface area contributed by atoms with Crippen LogP contribution in [0.15, 0.2) is 78.6 Å². The van der Waals surface area contributed by atoms with Crippen LogP contribution in [0.2, 0.25) is 0 Å². The molecule has 0 aliphatic heterocycles. The van der Waals surface area contributed by atoms with Crippen molar-refractivity contribution in [3.05, 3.63) is 89.8 Å². The molecule has 0 aromatic carbocycles. The number of likely N-dealkylation sites (N-methyl/N-ethyl adjacent to an activating group) is 1. The first kappa shape index (κ1) is 22.8. The third-order valence-corrected chi connectivity index (χ3v) is 5.04. The van der Waals surface area contributed by atoms with Crippen molar-refractivity contribution >= 4 is 0 Å². The number of allylic oxidation sites excluding steroid dienone is 6. The van der Waals surface area contributed by atoms with Gasteiger partial charge < -0.3 is 5.32 Å². The van der Waals surface area contributed by atoms with E-state index in [2.05, 4.69) is 16.9 Å². The van der Waals surface area contributed by atoms with Crippen LogP contribution in [0.5, 0.6) is 0 Å². The fraction of sp³-hybridized carbons (Fsp3) is 0.348. The standard InChI is InChI=1S/C23H26F4N2/c1-5-7-8-17(6-2)14-22(28-4,21-12-9-16(3)15-29-21)18-10-11-20(24)19(13-18)23(25,26)27/h5-13,15,19-20,28H,2,14H2,1,3-4H3/b7-5-,17-8+. The Morgan fingerprint density at radius 2 is 2.03 bits per heavy atom. The topological polar surface area (TPSA) is 24.9 Å². The molecule has 3 unspecified atom stereocenters. The molecule has 1 aliphatic carbocycles. The molecule has 0 saturated heterocycles. The van der Waals surface area contributed by atoms with E-state index >= 15 is 0 Å². The molecule has 1 aromatic heterocycles. The molecular weight excluding hydrogens is 380 g/mol. The lowest BCUT2D eigenvalue weighted by Gasteiger charge is -2.38. The minimum absolute atomic E-state index is 0.297. The lowest BCUT2D eigenvalue weighted by Crippen LogP contribution is -2.44. The zero-order valence-electron chi connectivity index (χ0n) is 16.8. The first-order valence-electron chi connectivity index (χ1n) is 9.35. The molecule has 1 heterocycles. The largest absolute Gasteiger partial charge is 0.398 e. The van der Waals surface area contributed by atoms with Crippen LogP contribution in [0.25, 0.3) is 0 Å². The van der Waals surface area contributed by atoms with Gasteiger partial charge in [0.05, 0.1) is 11.2 Å². The van der Waals surface area contributed by atoms with Crippen molar-refractivity contribution in [1.82, 2.24) is 10.3 Å². The van der Waals surface area contributed by atoms with Crippen LogP contribution in [0, 0.1) is 12.8 Å². The summed E-state index contributed by atoms with van der Waals surface area (Å²) >= 11 is 0. The summed E-state index contributed by atoms with van der Waals surface area (Å²) in [7, 11) is 1.66. The van der Waals surface area contributed by atoms with E-state index in [1.807, 2.05) is 38.1 Å². The zero-order valence-corrected chi connectivity index (χ0v) is 16.8. The van der Waals surface area contributed by atoms with Crippen molar-refractivity contribution in [1.29, 1.82) is 0 Å². The molecule has 29 heavy (non-hydrogen) atoms. The molecule has 0 radical (unpaired) electrons. The molecule has 0 fully saturated rings. The van der Waals surface area contributed by atoms with Gasteiger partial charge in [-0.3, -0.25) is 4.98 Å². The number of aromatic nitrogens is 1. The van der Waals surface area contributed by atoms with E-state index in [0.717, 1.165) is 23.3 Å². The van der Waals surface area contributed by atoms with Crippen LogP contribution in [0.4, 0.5) is 17.6 Å². The SMILES string of the molecule is C=C/C(=C\C=C/C)CC(NC)(C1=CC(C(F)(F)F)C(F)C=C1)c1ccc(C)cn1. The summed E-state index contributed by atoms with van der Waals surface area (Å²) in [5, 5.41) is 3.16. The summed E-state index contributed by atoms with van der Waals surface area (Å²) < 4.78 is 54.3. The van der Waals surface area contributed by atoms with Gasteiger partial charge in [0, 0.05) is 12.6 Å². The van der Waals surface area contributed by atoms with E-state index in [1.54, 1.807) is 25.4 Å². The van der Waals surface area contributed by atoms with Gasteiger partial charge in [-0.15, -0.1) is 0 Å². The molecule has 0 amide bonds. The van der Waals surface area contributed by atoms with Crippen molar-refractivity contribution in [3.8, 4) is 0 Å². The van der Waals surface area contributed by atoms with Crippen LogP contribution >= 0.6 is 0 Å². The Hall–Kier alpha value is -2.47. The number of aryl methyl sites for hydroxylation is 1. The Labute approximate surface area is 169 Å². The monoisotopic (exact) mass is 406 g/mol. The summed E-state index contributed by atoms with van der Waals surface area (Å²) in [4.78, 5) is 4.48. The summed E-state index contributed by atoms with van der Waals surface area (Å²) in [5.74, 6) is -2.20. The maximum Gasteiger partial charge on any atom is 0.398 e. The van der Waals surface area contributed by atoms with Crippen molar-refractivity contribution < 1.29 is 17.6 Å². The molecule has 6 heteroatoms. The van der Waals surface area contributed by atoms with E-state index in [0.29, 0.717) is 17.7 Å². The molecule has 0 bridgehead atoms. The van der Waals surface area contributed by atoms with Crippen LogP contribution in [-0.4, -0.2) is 24.4 Å². The minimum Gasteiger partial charge on any atom is -0.305 e. The maximum absolute atomic E-state index is 14.0. The Balaban J connectivity index is 2.67. The van der Waals surface area contributed by atoms with Gasteiger partial charge in [-0.2, -0.15) is 13.2 Å². The molecule has 1 aromatic rings. The normalized spacial score (nSPS) is 22.4. The first-order valence-corrected chi connectivity index (χ1v) is 9.35. The molecule has 0 saturated carbocycles. The predicted octanol–water partition coefficient (Wildman–Crippen LogP) is 5.90. The molecule has 3 atom stereocenters. The van der Waals surface area contributed by atoms with Gasteiger partial charge in [0.1, 0.15) is 12.1 Å². The number of hydrogen-bond acceptors (Lipinski definition) is 2. The molecule has 156 valence electrons. The quantitative estimate of drug-likeness (QED) is 0.451. The van der Waals surface area contributed by atoms with Crippen LogP contribution in [0.3, 0.4) is 0 Å². The third-order valence-electron chi connectivity index (χ3n) is 5.04. The number of nitrogens with zero attached hydrogens (tertiary/aromatic N) is 1. The van der Waals surface area contributed by atoms with Gasteiger partial charge in [0.25, 0.3) is 0 Å². The Morgan fingerprint density at radius 3 is 2.55 bits per heavy atom. The molecule has 0 spiro atoms. The van der Waals surface area contributed by atoms with Crippen molar-refractivity contribution in [2.45, 2.75) is 38.2 Å². The summed E-state index contributed by atoms with van der Waals surface area (Å²) in [6, 6.07) is 3.63. The third kappa shape index (κ3) is 5.12. The van der Waals surface area contributed by atoms with Gasteiger partial charge in [0.15, 0.2) is 0 Å². The highest BCUT2D eigenvalue weighted by Gasteiger charge is 2.47. The molecule has 2 rings (SSSR count). The molecular formula is C23H26F4N2. The second kappa shape index (κ2) is 9.35. The Bertz CT molecular complexity index is 831. The zero-order chi connectivity index (χ0) is 21.7. The van der Waals surface area contributed by atoms with Gasteiger partial charge in [0.2, 0.25) is 0 Å². The predicted molar refractivity (Wildman–Crippen MR) is 109 cm³/mol. The average molecular weight is 406 g/mol. The summed E-state index contributed by atoms with van der Waals surface area (Å²) in [5.41, 5.74) is 1.53. The van der Waals surface area contributed by atoms with Crippen molar-refractivity contribution in [3.63, 3.8) is 0 Å². The molecule has 1 aliphatic rings. The van der Waals surface area contributed by atoms with Crippen molar-refractivity contribution in [2.75, 3.05) is 7.05 Å². The average Bonchev–Trinajstić information content (AvgIpc) is 2.69. The maximum atomic E-state index is 14.0. The molecule has 2 nitrogen and oxygen atoms in total. The van der Waals surface area contributed by atoms with Crippen molar-refractivity contribution in [2.24, 2.45) is 5.92 Å². The minimum atomic E-state index is -4.68. The first-order chi connectivity index (χ1) is 13.7. The smallest absolute Gasteiger partial charge is 0.305 e. The fourth-order valence-electron chi connectivity index (χ4n) is 3.36. The van der Waals surface area contributed by atoms with E-state index in [1.165, 1.54) is 6.08 Å². The van der Waals surface area contributed by atoms with Gasteiger partial charge >= 0.3 is 6.18 Å². The lowest BCUT2D eigenvalue weighted by molar-refractivity contribution is -0.172. The van der Waals surface area contributed by atoms with Gasteiger partial charge in [-0.25, -0.2) is 4.39 Å². The highest BCUT2D eigenvalue weighted by atomic mass is 19.4. The Morgan fingerprint density at radius 1 is 1.31 bits per heavy atom. The second-order valence-electron chi connectivity index (χ2n) is 7.02. The van der Waals surface area contributed by atoms with Gasteiger partial charge in [-0.05, 0) is 49.7 Å². The Kier molecular flexibility index (Phi) is 7.36. The van der Waals surface area contributed by atoms with E-state index < -0.39 is 23.8 Å². The number of rotatable bonds is 7. The summed E-state index contributed by atoms with van der Waals surface area (Å²) in [6.45, 7) is 7.57. The second-order valence-corrected chi connectivity index (χ2v) is 7.02. The number of halogens is 4. The number of hydrogen-bond donors (Lipinski definition) is 1. The van der Waals surface area contributed by atoms with Crippen LogP contribution < -0.4 is 5.32 Å². The highest BCUT2D eigenvalue weighted by Crippen LogP contribution is 2.42. The van der Waals surface area contributed by atoms with Crippen LogP contribution in [0.1, 0.15) is 24.6 Å². The lowest BCUT2D eigenvalue weighted by atomic mass is 9.76. The fourth-order valence-corrected chi connectivity index (χ4v) is 3.36.